The minimum absolute atomic E-state index is 0. The average molecular weight is 442 g/mol. The van der Waals surface area contributed by atoms with E-state index in [1.807, 2.05) is 12.1 Å². The second-order valence-corrected chi connectivity index (χ2v) is 4.69. The predicted molar refractivity (Wildman–Crippen MR) is 103 cm³/mol. The van der Waals surface area contributed by atoms with Crippen molar-refractivity contribution in [2.75, 3.05) is 6.54 Å². The third kappa shape index (κ3) is 6.41. The number of halogens is 1. The fourth-order valence-corrected chi connectivity index (χ4v) is 1.82. The van der Waals surface area contributed by atoms with E-state index in [0.717, 1.165) is 11.3 Å². The molecule has 0 atom stereocenters. The Morgan fingerprint density at radius 1 is 1.29 bits per heavy atom. The summed E-state index contributed by atoms with van der Waals surface area (Å²) in [5, 5.41) is 16.9. The Kier molecular flexibility index (Phi) is 8.55. The maximum Gasteiger partial charge on any atom is 0.269 e. The molecule has 1 aromatic carbocycles. The number of nitrogens with zero attached hydrogens (tertiary/aromatic N) is 2. The molecule has 0 aliphatic carbocycles. The number of rotatable bonds is 7. The van der Waals surface area contributed by atoms with Gasteiger partial charge in [0, 0.05) is 18.7 Å². The van der Waals surface area contributed by atoms with Gasteiger partial charge in [0.15, 0.2) is 5.96 Å². The van der Waals surface area contributed by atoms with Crippen LogP contribution in [-0.2, 0) is 13.1 Å². The summed E-state index contributed by atoms with van der Waals surface area (Å²) in [5.41, 5.74) is 0.951. The fourth-order valence-electron chi connectivity index (χ4n) is 1.82. The van der Waals surface area contributed by atoms with E-state index >= 15 is 0 Å². The number of nitrogens with one attached hydrogen (secondary N) is 2. The number of nitro benzene ring substituents is 1. The van der Waals surface area contributed by atoms with Gasteiger partial charge in [-0.05, 0) is 17.7 Å². The number of aliphatic imine (C=N–C) groups is 1. The zero-order valence-corrected chi connectivity index (χ0v) is 15.3. The van der Waals surface area contributed by atoms with Gasteiger partial charge in [-0.25, -0.2) is 4.99 Å². The van der Waals surface area contributed by atoms with E-state index in [1.54, 1.807) is 24.5 Å². The minimum Gasteiger partial charge on any atom is -0.467 e. The van der Waals surface area contributed by atoms with Crippen LogP contribution in [0.15, 0.2) is 64.7 Å². The van der Waals surface area contributed by atoms with Gasteiger partial charge in [-0.2, -0.15) is 0 Å². The first-order chi connectivity index (χ1) is 11.2. The van der Waals surface area contributed by atoms with Gasteiger partial charge in [-0.1, -0.05) is 18.2 Å². The summed E-state index contributed by atoms with van der Waals surface area (Å²) in [6.07, 6.45) is 3.35. The van der Waals surface area contributed by atoms with Crippen LogP contribution in [0.4, 0.5) is 5.69 Å². The van der Waals surface area contributed by atoms with Crippen molar-refractivity contribution in [2.24, 2.45) is 4.99 Å². The van der Waals surface area contributed by atoms with Crippen molar-refractivity contribution in [1.82, 2.24) is 10.6 Å². The van der Waals surface area contributed by atoms with Crippen molar-refractivity contribution >= 4 is 35.6 Å². The molecule has 0 amide bonds. The van der Waals surface area contributed by atoms with E-state index in [4.69, 9.17) is 4.42 Å². The Morgan fingerprint density at radius 2 is 2.04 bits per heavy atom. The van der Waals surface area contributed by atoms with Crippen molar-refractivity contribution in [3.63, 3.8) is 0 Å². The summed E-state index contributed by atoms with van der Waals surface area (Å²) in [6.45, 7) is 5.15. The van der Waals surface area contributed by atoms with Crippen LogP contribution in [0.5, 0.6) is 0 Å². The van der Waals surface area contributed by atoms with E-state index in [1.165, 1.54) is 12.1 Å². The fraction of sp³-hybridized carbons (Fsp3) is 0.188. The third-order valence-corrected chi connectivity index (χ3v) is 2.99. The summed E-state index contributed by atoms with van der Waals surface area (Å²) in [5.74, 6) is 1.41. The first kappa shape index (κ1) is 19.7. The normalized spacial score (nSPS) is 10.6. The zero-order chi connectivity index (χ0) is 16.5. The highest BCUT2D eigenvalue weighted by molar-refractivity contribution is 14.0. The van der Waals surface area contributed by atoms with E-state index < -0.39 is 4.92 Å². The van der Waals surface area contributed by atoms with Crippen molar-refractivity contribution in [3.8, 4) is 0 Å². The molecule has 0 spiro atoms. The highest BCUT2D eigenvalue weighted by atomic mass is 127. The lowest BCUT2D eigenvalue weighted by Gasteiger charge is -2.10. The summed E-state index contributed by atoms with van der Waals surface area (Å²) in [4.78, 5) is 14.7. The first-order valence-corrected chi connectivity index (χ1v) is 7.08. The van der Waals surface area contributed by atoms with Gasteiger partial charge in [-0.15, -0.1) is 30.6 Å². The van der Waals surface area contributed by atoms with Gasteiger partial charge >= 0.3 is 0 Å². The first-order valence-electron chi connectivity index (χ1n) is 7.08. The molecule has 7 nitrogen and oxygen atoms in total. The Morgan fingerprint density at radius 3 is 2.62 bits per heavy atom. The highest BCUT2D eigenvalue weighted by Crippen LogP contribution is 2.12. The number of furan rings is 1. The van der Waals surface area contributed by atoms with Crippen LogP contribution in [0.2, 0.25) is 0 Å². The standard InChI is InChI=1S/C16H18N4O3.HI/c1-2-9-17-16(19-12-15-4-3-10-23-15)18-11-13-5-7-14(8-6-13)20(21)22;/h2-8,10H,1,9,11-12H2,(H2,17,18,19);1H. The topological polar surface area (TPSA) is 92.7 Å². The molecule has 0 saturated heterocycles. The van der Waals surface area contributed by atoms with E-state index in [-0.39, 0.29) is 29.7 Å². The summed E-state index contributed by atoms with van der Waals surface area (Å²) < 4.78 is 5.26. The number of benzene rings is 1. The number of non-ortho nitro benzene ring substituents is 1. The zero-order valence-electron chi connectivity index (χ0n) is 13.0. The molecule has 2 rings (SSSR count). The average Bonchev–Trinajstić information content (AvgIpc) is 3.08. The number of hydrogen-bond donors (Lipinski definition) is 2. The molecule has 24 heavy (non-hydrogen) atoms. The van der Waals surface area contributed by atoms with Gasteiger partial charge in [0.25, 0.3) is 5.69 Å². The molecule has 0 unspecified atom stereocenters. The second-order valence-electron chi connectivity index (χ2n) is 4.69. The molecule has 128 valence electrons. The van der Waals surface area contributed by atoms with Crippen molar-refractivity contribution in [3.05, 3.63) is 76.8 Å². The number of hydrogen-bond acceptors (Lipinski definition) is 4. The van der Waals surface area contributed by atoms with E-state index in [2.05, 4.69) is 22.2 Å². The quantitative estimate of drug-likeness (QED) is 0.172. The van der Waals surface area contributed by atoms with Crippen LogP contribution >= 0.6 is 24.0 Å². The Balaban J connectivity index is 0.00000288. The summed E-state index contributed by atoms with van der Waals surface area (Å²) in [7, 11) is 0. The molecule has 0 aliphatic heterocycles. The largest absolute Gasteiger partial charge is 0.467 e. The van der Waals surface area contributed by atoms with E-state index in [0.29, 0.717) is 25.6 Å². The maximum atomic E-state index is 10.6. The predicted octanol–water partition coefficient (Wildman–Crippen LogP) is 3.23. The van der Waals surface area contributed by atoms with Crippen LogP contribution in [0.3, 0.4) is 0 Å². The molecule has 2 N–H and O–H groups in total. The van der Waals surface area contributed by atoms with Crippen LogP contribution in [-0.4, -0.2) is 17.4 Å². The Labute approximate surface area is 157 Å². The van der Waals surface area contributed by atoms with Crippen LogP contribution in [0.25, 0.3) is 0 Å². The van der Waals surface area contributed by atoms with Gasteiger partial charge in [0.2, 0.25) is 0 Å². The van der Waals surface area contributed by atoms with Crippen LogP contribution < -0.4 is 10.6 Å². The molecular weight excluding hydrogens is 423 g/mol. The molecule has 1 aromatic heterocycles. The smallest absolute Gasteiger partial charge is 0.269 e. The molecule has 0 bridgehead atoms. The van der Waals surface area contributed by atoms with Crippen LogP contribution in [0.1, 0.15) is 11.3 Å². The summed E-state index contributed by atoms with van der Waals surface area (Å²) >= 11 is 0. The Hall–Kier alpha value is -2.36. The van der Waals surface area contributed by atoms with Gasteiger partial charge in [-0.3, -0.25) is 10.1 Å². The minimum atomic E-state index is -0.422. The van der Waals surface area contributed by atoms with Gasteiger partial charge < -0.3 is 15.1 Å². The molecule has 2 aromatic rings. The molecular formula is C16H19IN4O3. The van der Waals surface area contributed by atoms with Gasteiger partial charge in [0.05, 0.1) is 24.3 Å². The maximum absolute atomic E-state index is 10.6. The lowest BCUT2D eigenvalue weighted by atomic mass is 10.2. The molecule has 8 heteroatoms. The summed E-state index contributed by atoms with van der Waals surface area (Å²) in [6, 6.07) is 10.0. The van der Waals surface area contributed by atoms with E-state index in [9.17, 15) is 10.1 Å². The molecule has 0 fully saturated rings. The molecule has 0 saturated carbocycles. The number of guanidine groups is 1. The van der Waals surface area contributed by atoms with Crippen LogP contribution in [0, 0.1) is 10.1 Å². The monoisotopic (exact) mass is 442 g/mol. The van der Waals surface area contributed by atoms with Crippen molar-refractivity contribution < 1.29 is 9.34 Å². The molecule has 0 aliphatic rings. The Bertz CT molecular complexity index is 669. The molecule has 1 heterocycles. The van der Waals surface area contributed by atoms with Crippen molar-refractivity contribution in [1.29, 1.82) is 0 Å². The third-order valence-electron chi connectivity index (χ3n) is 2.99. The van der Waals surface area contributed by atoms with Gasteiger partial charge in [0.1, 0.15) is 5.76 Å². The second kappa shape index (κ2) is 10.4. The molecule has 0 radical (unpaired) electrons. The van der Waals surface area contributed by atoms with Crippen molar-refractivity contribution in [2.45, 2.75) is 13.1 Å². The number of nitro groups is 1. The highest BCUT2D eigenvalue weighted by Gasteiger charge is 2.04. The lowest BCUT2D eigenvalue weighted by molar-refractivity contribution is -0.384. The SMILES string of the molecule is C=CCNC(=NCc1ccc([N+](=O)[O-])cc1)NCc1ccco1.I. The lowest BCUT2D eigenvalue weighted by Crippen LogP contribution is -2.36.